The van der Waals surface area contributed by atoms with Crippen molar-refractivity contribution < 1.29 is 4.21 Å². The molecule has 0 saturated heterocycles. The molecule has 0 aromatic rings. The van der Waals surface area contributed by atoms with Crippen molar-refractivity contribution in [3.63, 3.8) is 0 Å². The Morgan fingerprint density at radius 2 is 2.50 bits per heavy atom. The summed E-state index contributed by atoms with van der Waals surface area (Å²) in [5, 5.41) is 7.94. The summed E-state index contributed by atoms with van der Waals surface area (Å²) in [7, 11) is -0.805. The number of hydrogen-bond acceptors (Lipinski definition) is 2. The molecule has 2 nitrogen and oxygen atoms in total. The fourth-order valence-corrected chi connectivity index (χ4v) is 0.604. The molecule has 0 radical (unpaired) electrons. The monoisotopic (exact) mass is 129 g/mol. The van der Waals surface area contributed by atoms with Crippen molar-refractivity contribution in [2.24, 2.45) is 0 Å². The summed E-state index contributed by atoms with van der Waals surface area (Å²) < 4.78 is 10.3. The molecule has 8 heavy (non-hydrogen) atoms. The van der Waals surface area contributed by atoms with Gasteiger partial charge in [-0.2, -0.15) is 5.26 Å². The van der Waals surface area contributed by atoms with Crippen LogP contribution in [0.25, 0.3) is 0 Å². The highest BCUT2D eigenvalue weighted by atomic mass is 32.2. The van der Waals surface area contributed by atoms with Crippen LogP contribution in [0.1, 0.15) is 0 Å². The molecular formula is C5H7NOS. The second-order valence-electron chi connectivity index (χ2n) is 1.27. The van der Waals surface area contributed by atoms with Crippen molar-refractivity contribution >= 4 is 10.8 Å². The van der Waals surface area contributed by atoms with Crippen LogP contribution in [0.15, 0.2) is 12.2 Å². The number of hydrogen-bond donors (Lipinski definition) is 0. The summed E-state index contributed by atoms with van der Waals surface area (Å²) >= 11 is 0. The lowest BCUT2D eigenvalue weighted by Gasteiger charge is -1.79. The van der Waals surface area contributed by atoms with E-state index >= 15 is 0 Å². The van der Waals surface area contributed by atoms with Crippen LogP contribution >= 0.6 is 0 Å². The van der Waals surface area contributed by atoms with Crippen molar-refractivity contribution in [2.75, 3.05) is 12.0 Å². The molecule has 0 bridgehead atoms. The Bertz CT molecular complexity index is 145. The van der Waals surface area contributed by atoms with Gasteiger partial charge in [-0.15, -0.1) is 0 Å². The van der Waals surface area contributed by atoms with Crippen LogP contribution in [0.5, 0.6) is 0 Å². The third-order valence-corrected chi connectivity index (χ3v) is 1.19. The summed E-state index contributed by atoms with van der Waals surface area (Å²) in [6.45, 7) is 0. The Balaban J connectivity index is 3.34. The molecule has 0 aromatic heterocycles. The summed E-state index contributed by atoms with van der Waals surface area (Å²) in [4.78, 5) is 0. The van der Waals surface area contributed by atoms with E-state index < -0.39 is 10.8 Å². The van der Waals surface area contributed by atoms with Gasteiger partial charge in [0.1, 0.15) is 0 Å². The average Bonchev–Trinajstić information content (AvgIpc) is 1.66. The molecule has 1 atom stereocenters. The standard InChI is InChI=1S/C5H7NOS/c1-8(7)5-3-2-4-6/h2-3H,5H2,1H3. The molecule has 1 unspecified atom stereocenters. The van der Waals surface area contributed by atoms with E-state index in [1.165, 1.54) is 6.08 Å². The first kappa shape index (κ1) is 7.38. The first-order valence-electron chi connectivity index (χ1n) is 2.12. The van der Waals surface area contributed by atoms with Gasteiger partial charge < -0.3 is 0 Å². The Labute approximate surface area is 51.3 Å². The molecule has 0 rings (SSSR count). The van der Waals surface area contributed by atoms with Crippen molar-refractivity contribution in [3.8, 4) is 6.07 Å². The minimum atomic E-state index is -0.805. The highest BCUT2D eigenvalue weighted by Crippen LogP contribution is 1.75. The molecule has 0 amide bonds. The predicted octanol–water partition coefficient (Wildman–Crippen LogP) is 0.445. The first-order valence-corrected chi connectivity index (χ1v) is 3.84. The van der Waals surface area contributed by atoms with Crippen LogP contribution in [0.4, 0.5) is 0 Å². The van der Waals surface area contributed by atoms with Crippen molar-refractivity contribution in [2.45, 2.75) is 0 Å². The van der Waals surface area contributed by atoms with Gasteiger partial charge in [0.15, 0.2) is 0 Å². The molecule has 0 N–H and O–H groups in total. The summed E-state index contributed by atoms with van der Waals surface area (Å²) in [6, 6.07) is 1.81. The second kappa shape index (κ2) is 4.54. The highest BCUT2D eigenvalue weighted by Gasteiger charge is 1.79. The van der Waals surface area contributed by atoms with Crippen LogP contribution < -0.4 is 0 Å². The zero-order valence-corrected chi connectivity index (χ0v) is 5.44. The fraction of sp³-hybridized carbons (Fsp3) is 0.400. The molecular weight excluding hydrogens is 122 g/mol. The van der Waals surface area contributed by atoms with Crippen molar-refractivity contribution in [3.05, 3.63) is 12.2 Å². The molecule has 0 aliphatic rings. The molecule has 0 aliphatic heterocycles. The van der Waals surface area contributed by atoms with Gasteiger partial charge in [-0.3, -0.25) is 4.21 Å². The van der Waals surface area contributed by atoms with E-state index in [9.17, 15) is 4.21 Å². The zero-order valence-electron chi connectivity index (χ0n) is 4.63. The van der Waals surface area contributed by atoms with Gasteiger partial charge in [0, 0.05) is 28.9 Å². The quantitative estimate of drug-likeness (QED) is 0.508. The van der Waals surface area contributed by atoms with Crippen molar-refractivity contribution in [1.29, 1.82) is 5.26 Å². The lowest BCUT2D eigenvalue weighted by Crippen LogP contribution is -1.87. The predicted molar refractivity (Wildman–Crippen MR) is 33.7 cm³/mol. The Hall–Kier alpha value is -0.620. The number of nitriles is 1. The number of allylic oxidation sites excluding steroid dienone is 1. The molecule has 0 spiro atoms. The maximum Gasteiger partial charge on any atom is 0.0909 e. The van der Waals surface area contributed by atoms with Crippen LogP contribution in [0.3, 0.4) is 0 Å². The van der Waals surface area contributed by atoms with Crippen LogP contribution in [-0.4, -0.2) is 16.2 Å². The largest absolute Gasteiger partial charge is 0.260 e. The van der Waals surface area contributed by atoms with Gasteiger partial charge in [-0.05, 0) is 0 Å². The minimum absolute atomic E-state index is 0.480. The average molecular weight is 129 g/mol. The van der Waals surface area contributed by atoms with Crippen LogP contribution in [0.2, 0.25) is 0 Å². The van der Waals surface area contributed by atoms with Gasteiger partial charge in [0.2, 0.25) is 0 Å². The van der Waals surface area contributed by atoms with E-state index in [2.05, 4.69) is 0 Å². The fourth-order valence-electron chi connectivity index (χ4n) is 0.236. The maximum absolute atomic E-state index is 10.3. The normalized spacial score (nSPS) is 13.5. The van der Waals surface area contributed by atoms with E-state index in [1.807, 2.05) is 6.07 Å². The topological polar surface area (TPSA) is 40.9 Å². The van der Waals surface area contributed by atoms with E-state index in [4.69, 9.17) is 5.26 Å². The lowest BCUT2D eigenvalue weighted by atomic mass is 10.6. The van der Waals surface area contributed by atoms with Crippen LogP contribution in [-0.2, 0) is 10.8 Å². The van der Waals surface area contributed by atoms with Gasteiger partial charge in [-0.25, -0.2) is 0 Å². The summed E-state index contributed by atoms with van der Waals surface area (Å²) in [6.07, 6.45) is 4.53. The van der Waals surface area contributed by atoms with Crippen molar-refractivity contribution in [1.82, 2.24) is 0 Å². The molecule has 0 aromatic carbocycles. The van der Waals surface area contributed by atoms with E-state index in [1.54, 1.807) is 12.3 Å². The summed E-state index contributed by atoms with van der Waals surface area (Å²) in [5.41, 5.74) is 0. The first-order chi connectivity index (χ1) is 3.77. The number of rotatable bonds is 2. The Morgan fingerprint density at radius 3 is 2.88 bits per heavy atom. The highest BCUT2D eigenvalue weighted by molar-refractivity contribution is 7.84. The minimum Gasteiger partial charge on any atom is -0.260 e. The molecule has 0 aliphatic carbocycles. The third kappa shape index (κ3) is 5.38. The van der Waals surface area contributed by atoms with E-state index in [0.29, 0.717) is 5.75 Å². The molecule has 3 heteroatoms. The third-order valence-electron chi connectivity index (χ3n) is 0.523. The van der Waals surface area contributed by atoms with Gasteiger partial charge in [0.25, 0.3) is 0 Å². The number of nitrogens with zero attached hydrogens (tertiary/aromatic N) is 1. The Morgan fingerprint density at radius 1 is 1.88 bits per heavy atom. The summed E-state index contributed by atoms with van der Waals surface area (Å²) in [5.74, 6) is 0.480. The second-order valence-corrected chi connectivity index (χ2v) is 2.75. The maximum atomic E-state index is 10.3. The van der Waals surface area contributed by atoms with Crippen LogP contribution in [0, 0.1) is 11.3 Å². The lowest BCUT2D eigenvalue weighted by molar-refractivity contribution is 0.688. The smallest absolute Gasteiger partial charge is 0.0909 e. The van der Waals surface area contributed by atoms with Gasteiger partial charge >= 0.3 is 0 Å². The molecule has 44 valence electrons. The molecule has 0 fully saturated rings. The Kier molecular flexibility index (Phi) is 4.19. The zero-order chi connectivity index (χ0) is 6.41. The molecule has 0 heterocycles. The SMILES string of the molecule is CS(=O)CC=CC#N. The van der Waals surface area contributed by atoms with E-state index in [0.717, 1.165) is 0 Å². The molecule has 0 saturated carbocycles. The van der Waals surface area contributed by atoms with E-state index in [-0.39, 0.29) is 0 Å². The van der Waals surface area contributed by atoms with Gasteiger partial charge in [-0.1, -0.05) is 6.08 Å². The van der Waals surface area contributed by atoms with Gasteiger partial charge in [0.05, 0.1) is 6.07 Å².